The maximum Gasteiger partial charge on any atom is 0.294 e. The fourth-order valence-corrected chi connectivity index (χ4v) is 4.14. The van der Waals surface area contributed by atoms with Crippen molar-refractivity contribution >= 4 is 34.0 Å². The Morgan fingerprint density at radius 3 is 2.62 bits per heavy atom. The highest BCUT2D eigenvalue weighted by atomic mass is 16.6. The van der Waals surface area contributed by atoms with E-state index < -0.39 is 4.92 Å². The second kappa shape index (κ2) is 11.2. The Bertz CT molecular complexity index is 1660. The molecular weight excluding hydrogens is 500 g/mol. The first-order valence-electron chi connectivity index (χ1n) is 12.0. The van der Waals surface area contributed by atoms with E-state index in [2.05, 4.69) is 21.4 Å². The van der Waals surface area contributed by atoms with Crippen LogP contribution in [-0.2, 0) is 7.05 Å². The molecule has 4 rings (SSSR count). The van der Waals surface area contributed by atoms with Crippen LogP contribution >= 0.6 is 0 Å². The highest BCUT2D eigenvalue weighted by Gasteiger charge is 2.22. The lowest BCUT2D eigenvalue weighted by Gasteiger charge is -2.22. The number of nitrogens with one attached hydrogen (secondary N) is 1. The molecule has 0 fully saturated rings. The van der Waals surface area contributed by atoms with Crippen LogP contribution in [0.25, 0.3) is 22.2 Å². The van der Waals surface area contributed by atoms with Gasteiger partial charge in [0.2, 0.25) is 5.95 Å². The number of likely N-dealkylation sites (N-methyl/N-ethyl adjacent to an activating group) is 2. The van der Waals surface area contributed by atoms with E-state index in [1.807, 2.05) is 19.0 Å². The Kier molecular flexibility index (Phi) is 7.73. The van der Waals surface area contributed by atoms with Gasteiger partial charge in [0, 0.05) is 56.5 Å². The standard InChI is InChI=1S/C27H28N8O4/c1-32(2)9-10-33(3)22-14-24(39-5)21(13-23(22)35(37)38)30-27-29-16-19-12-20(26(36)34(4)25(19)31-27)18-8-6-7-17(11-18)15-28/h6-8,11-14,16H,9-10H2,1-5H3,(H,29,30,31). The monoisotopic (exact) mass is 528 g/mol. The van der Waals surface area contributed by atoms with Crippen molar-refractivity contribution in [1.82, 2.24) is 19.4 Å². The van der Waals surface area contributed by atoms with Gasteiger partial charge in [0.05, 0.1) is 29.4 Å². The summed E-state index contributed by atoms with van der Waals surface area (Å²) in [5.74, 6) is 0.510. The topological polar surface area (TPSA) is 142 Å². The molecule has 0 saturated heterocycles. The smallest absolute Gasteiger partial charge is 0.294 e. The third kappa shape index (κ3) is 5.63. The number of nitriles is 1. The average Bonchev–Trinajstić information content (AvgIpc) is 2.93. The van der Waals surface area contributed by atoms with Crippen LogP contribution in [-0.4, -0.2) is 65.7 Å². The molecule has 200 valence electrons. The first kappa shape index (κ1) is 27.0. The number of pyridine rings is 1. The summed E-state index contributed by atoms with van der Waals surface area (Å²) < 4.78 is 6.93. The molecule has 0 aliphatic carbocycles. The van der Waals surface area contributed by atoms with Crippen molar-refractivity contribution in [3.63, 3.8) is 0 Å². The quantitative estimate of drug-likeness (QED) is 0.253. The van der Waals surface area contributed by atoms with E-state index in [0.717, 1.165) is 0 Å². The summed E-state index contributed by atoms with van der Waals surface area (Å²) in [5.41, 5.74) is 2.18. The normalized spacial score (nSPS) is 10.9. The zero-order valence-electron chi connectivity index (χ0n) is 22.3. The maximum atomic E-state index is 13.2. The molecule has 0 saturated carbocycles. The van der Waals surface area contributed by atoms with Gasteiger partial charge in [0.25, 0.3) is 11.2 Å². The van der Waals surface area contributed by atoms with Crippen molar-refractivity contribution in [2.75, 3.05) is 51.6 Å². The van der Waals surface area contributed by atoms with Crippen LogP contribution in [0.4, 0.5) is 23.0 Å². The SMILES string of the molecule is COc1cc(N(C)CCN(C)C)c([N+](=O)[O-])cc1Nc1ncc2cc(-c3cccc(C#N)c3)c(=O)n(C)c2n1. The molecule has 4 aromatic rings. The van der Waals surface area contributed by atoms with Crippen molar-refractivity contribution in [2.24, 2.45) is 7.05 Å². The molecule has 1 N–H and O–H groups in total. The van der Waals surface area contributed by atoms with Gasteiger partial charge in [-0.3, -0.25) is 19.5 Å². The molecule has 0 atom stereocenters. The zero-order chi connectivity index (χ0) is 28.3. The summed E-state index contributed by atoms with van der Waals surface area (Å²) >= 11 is 0. The van der Waals surface area contributed by atoms with Crippen molar-refractivity contribution in [3.8, 4) is 22.9 Å². The van der Waals surface area contributed by atoms with Crippen LogP contribution in [0.3, 0.4) is 0 Å². The minimum atomic E-state index is -0.445. The summed E-state index contributed by atoms with van der Waals surface area (Å²) in [6, 6.07) is 13.6. The Balaban J connectivity index is 1.73. The number of benzene rings is 2. The highest BCUT2D eigenvalue weighted by Crippen LogP contribution is 2.39. The Labute approximate surface area is 224 Å². The van der Waals surface area contributed by atoms with Crippen LogP contribution in [0.2, 0.25) is 0 Å². The maximum absolute atomic E-state index is 13.2. The minimum absolute atomic E-state index is 0.100. The number of hydrogen-bond donors (Lipinski definition) is 1. The molecule has 0 radical (unpaired) electrons. The number of methoxy groups -OCH3 is 1. The highest BCUT2D eigenvalue weighted by molar-refractivity contribution is 5.83. The Morgan fingerprint density at radius 1 is 1.18 bits per heavy atom. The number of anilines is 3. The predicted molar refractivity (Wildman–Crippen MR) is 150 cm³/mol. The van der Waals surface area contributed by atoms with Gasteiger partial charge < -0.3 is 19.9 Å². The number of fused-ring (bicyclic) bond motifs is 1. The van der Waals surface area contributed by atoms with Crippen LogP contribution < -0.4 is 20.5 Å². The van der Waals surface area contributed by atoms with Gasteiger partial charge in [-0.05, 0) is 37.9 Å². The van der Waals surface area contributed by atoms with Crippen LogP contribution in [0.15, 0.2) is 53.5 Å². The lowest BCUT2D eigenvalue weighted by atomic mass is 10.0. The minimum Gasteiger partial charge on any atom is -0.494 e. The Hall–Kier alpha value is -5.02. The zero-order valence-corrected chi connectivity index (χ0v) is 22.3. The summed E-state index contributed by atoms with van der Waals surface area (Å²) in [6.07, 6.45) is 1.56. The number of aromatic nitrogens is 3. The summed E-state index contributed by atoms with van der Waals surface area (Å²) in [6.45, 7) is 1.29. The molecule has 0 bridgehead atoms. The number of hydrogen-bond acceptors (Lipinski definition) is 10. The molecular formula is C27H28N8O4. The number of nitrogens with zero attached hydrogens (tertiary/aromatic N) is 7. The molecule has 2 heterocycles. The second-order valence-electron chi connectivity index (χ2n) is 9.24. The van der Waals surface area contributed by atoms with Gasteiger partial charge in [-0.25, -0.2) is 4.98 Å². The van der Waals surface area contributed by atoms with Crippen LogP contribution in [0.1, 0.15) is 5.56 Å². The van der Waals surface area contributed by atoms with Crippen molar-refractivity contribution in [3.05, 3.63) is 74.7 Å². The van der Waals surface area contributed by atoms with Crippen LogP contribution in [0, 0.1) is 21.4 Å². The number of nitro groups is 1. The fourth-order valence-electron chi connectivity index (χ4n) is 4.14. The van der Waals surface area contributed by atoms with Crippen molar-refractivity contribution < 1.29 is 9.66 Å². The van der Waals surface area contributed by atoms with Gasteiger partial charge in [-0.2, -0.15) is 10.2 Å². The summed E-state index contributed by atoms with van der Waals surface area (Å²) in [4.78, 5) is 37.3. The molecule has 0 aliphatic heterocycles. The molecule has 0 amide bonds. The third-order valence-electron chi connectivity index (χ3n) is 6.28. The number of aryl methyl sites for hydroxylation is 1. The predicted octanol–water partition coefficient (Wildman–Crippen LogP) is 3.53. The van der Waals surface area contributed by atoms with Gasteiger partial charge in [0.15, 0.2) is 0 Å². The molecule has 0 aliphatic rings. The first-order chi connectivity index (χ1) is 18.6. The van der Waals surface area contributed by atoms with E-state index in [1.54, 1.807) is 61.6 Å². The van der Waals surface area contributed by atoms with Crippen LogP contribution in [0.5, 0.6) is 5.75 Å². The van der Waals surface area contributed by atoms with E-state index in [9.17, 15) is 20.2 Å². The first-order valence-corrected chi connectivity index (χ1v) is 12.0. The van der Waals surface area contributed by atoms with Crippen molar-refractivity contribution in [1.29, 1.82) is 5.26 Å². The molecule has 2 aromatic carbocycles. The number of ether oxygens (including phenoxy) is 1. The molecule has 2 aromatic heterocycles. The fraction of sp³-hybridized carbons (Fsp3) is 0.259. The Morgan fingerprint density at radius 2 is 1.95 bits per heavy atom. The third-order valence-corrected chi connectivity index (χ3v) is 6.28. The molecule has 12 heteroatoms. The lowest BCUT2D eigenvalue weighted by molar-refractivity contribution is -0.384. The van der Waals surface area contributed by atoms with Gasteiger partial charge in [-0.1, -0.05) is 12.1 Å². The second-order valence-corrected chi connectivity index (χ2v) is 9.24. The summed E-state index contributed by atoms with van der Waals surface area (Å²) in [7, 11) is 8.73. The van der Waals surface area contributed by atoms with E-state index in [1.165, 1.54) is 17.7 Å². The van der Waals surface area contributed by atoms with E-state index in [4.69, 9.17) is 4.74 Å². The van der Waals surface area contributed by atoms with E-state index in [0.29, 0.717) is 57.9 Å². The molecule has 39 heavy (non-hydrogen) atoms. The summed E-state index contributed by atoms with van der Waals surface area (Å²) in [5, 5.41) is 24.8. The number of nitro benzene ring substituents is 1. The van der Waals surface area contributed by atoms with Gasteiger partial charge in [0.1, 0.15) is 17.1 Å². The van der Waals surface area contributed by atoms with E-state index in [-0.39, 0.29) is 17.2 Å². The largest absolute Gasteiger partial charge is 0.494 e. The molecule has 0 unspecified atom stereocenters. The molecule has 12 nitrogen and oxygen atoms in total. The average molecular weight is 529 g/mol. The lowest BCUT2D eigenvalue weighted by Crippen LogP contribution is -2.29. The number of rotatable bonds is 9. The molecule has 0 spiro atoms. The van der Waals surface area contributed by atoms with Gasteiger partial charge >= 0.3 is 0 Å². The van der Waals surface area contributed by atoms with Crippen molar-refractivity contribution in [2.45, 2.75) is 0 Å². The van der Waals surface area contributed by atoms with E-state index >= 15 is 0 Å². The van der Waals surface area contributed by atoms with Gasteiger partial charge in [-0.15, -0.1) is 0 Å².